The van der Waals surface area contributed by atoms with E-state index in [4.69, 9.17) is 10.00 Å². The molecule has 0 bridgehead atoms. The van der Waals surface area contributed by atoms with Crippen LogP contribution in [0.4, 0.5) is 4.79 Å². The Balaban J connectivity index is 1.98. The van der Waals surface area contributed by atoms with Crippen molar-refractivity contribution in [1.82, 2.24) is 4.90 Å². The highest BCUT2D eigenvalue weighted by molar-refractivity contribution is 5.93. The largest absolute Gasteiger partial charge is 0.447 e. The molecule has 116 valence electrons. The molecule has 1 fully saturated rings. The van der Waals surface area contributed by atoms with E-state index in [1.165, 1.54) is 4.90 Å². The molecule has 1 aliphatic heterocycles. The molecule has 2 rings (SSSR count). The second-order valence-corrected chi connectivity index (χ2v) is 5.69. The molecule has 1 unspecified atom stereocenters. The zero-order valence-electron chi connectivity index (χ0n) is 12.7. The third kappa shape index (κ3) is 4.08. The first-order chi connectivity index (χ1) is 10.6. The number of carbonyl (C=O) groups excluding carboxylic acids is 2. The van der Waals surface area contributed by atoms with Gasteiger partial charge in [-0.05, 0) is 24.3 Å². The fourth-order valence-corrected chi connectivity index (χ4v) is 2.61. The van der Waals surface area contributed by atoms with Crippen LogP contribution >= 0.6 is 0 Å². The van der Waals surface area contributed by atoms with Gasteiger partial charge in [0.25, 0.3) is 0 Å². The number of benzene rings is 1. The molecule has 2 amide bonds. The third-order valence-electron chi connectivity index (χ3n) is 3.82. The number of imide groups is 1. The molecule has 1 saturated heterocycles. The van der Waals surface area contributed by atoms with Gasteiger partial charge in [-0.15, -0.1) is 0 Å². The summed E-state index contributed by atoms with van der Waals surface area (Å²) in [5, 5.41) is 8.59. The molecular weight excluding hydrogens is 280 g/mol. The first-order valence-electron chi connectivity index (χ1n) is 7.51. The van der Waals surface area contributed by atoms with E-state index in [-0.39, 0.29) is 30.9 Å². The van der Waals surface area contributed by atoms with Gasteiger partial charge in [0.05, 0.1) is 12.1 Å². The van der Waals surface area contributed by atoms with E-state index < -0.39 is 6.09 Å². The average molecular weight is 300 g/mol. The van der Waals surface area contributed by atoms with Crippen LogP contribution in [-0.4, -0.2) is 29.5 Å². The van der Waals surface area contributed by atoms with Crippen molar-refractivity contribution in [2.24, 2.45) is 5.92 Å². The van der Waals surface area contributed by atoms with Crippen LogP contribution in [0.5, 0.6) is 0 Å². The Labute approximate surface area is 130 Å². The smallest absolute Gasteiger partial charge is 0.416 e. The number of ether oxygens (including phenoxy) is 1. The van der Waals surface area contributed by atoms with Crippen molar-refractivity contribution in [3.8, 4) is 6.07 Å². The Morgan fingerprint density at radius 2 is 2.18 bits per heavy atom. The lowest BCUT2D eigenvalue weighted by Gasteiger charge is -2.21. The number of hydrogen-bond donors (Lipinski definition) is 0. The minimum atomic E-state index is -0.557. The van der Waals surface area contributed by atoms with E-state index in [2.05, 4.69) is 6.07 Å². The highest BCUT2D eigenvalue weighted by Crippen LogP contribution is 2.21. The van der Waals surface area contributed by atoms with E-state index in [0.29, 0.717) is 19.3 Å². The lowest BCUT2D eigenvalue weighted by atomic mass is 10.00. The molecule has 0 aliphatic carbocycles. The van der Waals surface area contributed by atoms with Crippen LogP contribution in [0.2, 0.25) is 0 Å². The first kappa shape index (κ1) is 16.0. The van der Waals surface area contributed by atoms with Crippen LogP contribution in [0.3, 0.4) is 0 Å². The van der Waals surface area contributed by atoms with Crippen LogP contribution in [0.15, 0.2) is 30.3 Å². The predicted molar refractivity (Wildman–Crippen MR) is 80.8 cm³/mol. The van der Waals surface area contributed by atoms with Crippen molar-refractivity contribution < 1.29 is 14.3 Å². The van der Waals surface area contributed by atoms with Gasteiger partial charge in [0.15, 0.2) is 0 Å². The maximum absolute atomic E-state index is 12.4. The molecule has 5 heteroatoms. The zero-order chi connectivity index (χ0) is 15.9. The molecule has 0 spiro atoms. The Morgan fingerprint density at radius 3 is 2.86 bits per heavy atom. The molecule has 2 atom stereocenters. The van der Waals surface area contributed by atoms with Gasteiger partial charge in [-0.3, -0.25) is 4.79 Å². The van der Waals surface area contributed by atoms with Crippen LogP contribution in [0.1, 0.15) is 31.7 Å². The Bertz CT molecular complexity index is 565. The Morgan fingerprint density at radius 1 is 1.45 bits per heavy atom. The van der Waals surface area contributed by atoms with Gasteiger partial charge >= 0.3 is 6.09 Å². The molecule has 22 heavy (non-hydrogen) atoms. The lowest BCUT2D eigenvalue weighted by Crippen LogP contribution is -2.40. The molecule has 1 heterocycles. The fourth-order valence-electron chi connectivity index (χ4n) is 2.61. The molecular formula is C17H20N2O3. The second kappa shape index (κ2) is 7.60. The standard InChI is InChI=1S/C17H20N2O3/c1-13(6-5-9-18)10-16(20)19-15(12-22-17(19)21)11-14-7-3-2-4-8-14/h2-4,7-8,13,15H,5-6,10-12H2,1H3/t13?,15-/m0/s1. The molecule has 0 aromatic heterocycles. The van der Waals surface area contributed by atoms with E-state index in [0.717, 1.165) is 5.56 Å². The predicted octanol–water partition coefficient (Wildman–Crippen LogP) is 2.91. The number of cyclic esters (lactones) is 1. The Kier molecular flexibility index (Phi) is 5.54. The molecule has 1 aromatic carbocycles. The van der Waals surface area contributed by atoms with Gasteiger partial charge < -0.3 is 4.74 Å². The van der Waals surface area contributed by atoms with Crippen LogP contribution < -0.4 is 0 Å². The topological polar surface area (TPSA) is 70.4 Å². The SMILES string of the molecule is CC(CCC#N)CC(=O)N1C(=O)OC[C@@H]1Cc1ccccc1. The summed E-state index contributed by atoms with van der Waals surface area (Å²) in [6.45, 7) is 2.16. The van der Waals surface area contributed by atoms with Crippen LogP contribution in [-0.2, 0) is 16.0 Å². The first-order valence-corrected chi connectivity index (χ1v) is 7.51. The number of nitriles is 1. The monoisotopic (exact) mass is 300 g/mol. The van der Waals surface area contributed by atoms with Gasteiger partial charge in [-0.1, -0.05) is 37.3 Å². The van der Waals surface area contributed by atoms with Gasteiger partial charge in [-0.25, -0.2) is 9.69 Å². The van der Waals surface area contributed by atoms with Crippen molar-refractivity contribution in [2.45, 2.75) is 38.6 Å². The molecule has 1 aliphatic rings. The summed E-state index contributed by atoms with van der Waals surface area (Å²) in [5.41, 5.74) is 1.07. The molecule has 0 radical (unpaired) electrons. The number of nitrogens with zero attached hydrogens (tertiary/aromatic N) is 2. The summed E-state index contributed by atoms with van der Waals surface area (Å²) in [6, 6.07) is 11.6. The van der Waals surface area contributed by atoms with Gasteiger partial charge in [0.1, 0.15) is 6.61 Å². The summed E-state index contributed by atoms with van der Waals surface area (Å²) >= 11 is 0. The summed E-state index contributed by atoms with van der Waals surface area (Å²) in [7, 11) is 0. The quantitative estimate of drug-likeness (QED) is 0.810. The summed E-state index contributed by atoms with van der Waals surface area (Å²) in [5.74, 6) is -0.133. The van der Waals surface area contributed by atoms with Crippen LogP contribution in [0, 0.1) is 17.2 Å². The second-order valence-electron chi connectivity index (χ2n) is 5.69. The van der Waals surface area contributed by atoms with E-state index in [1.807, 2.05) is 37.3 Å². The number of amides is 2. The van der Waals surface area contributed by atoms with Crippen molar-refractivity contribution in [3.63, 3.8) is 0 Å². The molecule has 5 nitrogen and oxygen atoms in total. The van der Waals surface area contributed by atoms with E-state index in [1.54, 1.807) is 0 Å². The average Bonchev–Trinajstić information content (AvgIpc) is 2.87. The zero-order valence-corrected chi connectivity index (χ0v) is 12.7. The van der Waals surface area contributed by atoms with Crippen molar-refractivity contribution >= 4 is 12.0 Å². The van der Waals surface area contributed by atoms with Gasteiger partial charge in [-0.2, -0.15) is 5.26 Å². The highest BCUT2D eigenvalue weighted by atomic mass is 16.6. The summed E-state index contributed by atoms with van der Waals surface area (Å²) in [6.07, 6.45) is 1.40. The maximum atomic E-state index is 12.4. The molecule has 0 N–H and O–H groups in total. The lowest BCUT2D eigenvalue weighted by molar-refractivity contribution is -0.130. The van der Waals surface area contributed by atoms with Crippen molar-refractivity contribution in [1.29, 1.82) is 5.26 Å². The van der Waals surface area contributed by atoms with Crippen molar-refractivity contribution in [2.75, 3.05) is 6.61 Å². The van der Waals surface area contributed by atoms with Gasteiger partial charge in [0, 0.05) is 12.8 Å². The molecule has 0 saturated carbocycles. The third-order valence-corrected chi connectivity index (χ3v) is 3.82. The minimum Gasteiger partial charge on any atom is -0.447 e. The Hall–Kier alpha value is -2.35. The van der Waals surface area contributed by atoms with E-state index >= 15 is 0 Å². The highest BCUT2D eigenvalue weighted by Gasteiger charge is 2.37. The maximum Gasteiger partial charge on any atom is 0.416 e. The van der Waals surface area contributed by atoms with Crippen molar-refractivity contribution in [3.05, 3.63) is 35.9 Å². The van der Waals surface area contributed by atoms with E-state index in [9.17, 15) is 9.59 Å². The summed E-state index contributed by atoms with van der Waals surface area (Å²) in [4.78, 5) is 25.5. The normalized spacial score (nSPS) is 18.6. The number of carbonyl (C=O) groups is 2. The summed E-state index contributed by atoms with van der Waals surface area (Å²) < 4.78 is 5.05. The fraction of sp³-hybridized carbons (Fsp3) is 0.471. The number of hydrogen-bond acceptors (Lipinski definition) is 4. The number of rotatable bonds is 6. The minimum absolute atomic E-state index is 0.0814. The van der Waals surface area contributed by atoms with Crippen LogP contribution in [0.25, 0.3) is 0 Å². The van der Waals surface area contributed by atoms with Gasteiger partial charge in [0.2, 0.25) is 5.91 Å². The molecule has 1 aromatic rings.